The number of carbonyl (C=O) groups excluding carboxylic acids is 3. The zero-order valence-electron chi connectivity index (χ0n) is 18.0. The number of thiazole rings is 1. The Morgan fingerprint density at radius 1 is 1.41 bits per heavy atom. The van der Waals surface area contributed by atoms with Gasteiger partial charge in [-0.2, -0.15) is 5.26 Å². The normalized spacial score (nSPS) is 21.2. The summed E-state index contributed by atoms with van der Waals surface area (Å²) in [6.45, 7) is 5.99. The fraction of sp³-hybridized carbons (Fsp3) is 0.476. The third-order valence-corrected chi connectivity index (χ3v) is 6.55. The summed E-state index contributed by atoms with van der Waals surface area (Å²) < 4.78 is 11.9. The number of hydrogen-bond acceptors (Lipinski definition) is 9. The van der Waals surface area contributed by atoms with Gasteiger partial charge in [-0.25, -0.2) is 9.78 Å². The molecule has 2 aliphatic rings. The number of aliphatic hydroxyl groups is 1. The van der Waals surface area contributed by atoms with E-state index in [-0.39, 0.29) is 23.3 Å². The number of hydrogen-bond donors (Lipinski definition) is 1. The zero-order chi connectivity index (χ0) is 23.4. The molecule has 10 nitrogen and oxygen atoms in total. The smallest absolute Gasteiger partial charge is 0.358 e. The van der Waals surface area contributed by atoms with Gasteiger partial charge in [0.2, 0.25) is 12.7 Å². The maximum Gasteiger partial charge on any atom is 0.358 e. The number of aliphatic hydroxyl groups excluding tert-OH is 1. The predicted molar refractivity (Wildman–Crippen MR) is 112 cm³/mol. The third kappa shape index (κ3) is 3.36. The largest absolute Gasteiger partial charge is 0.427 e. The average Bonchev–Trinajstić information content (AvgIpc) is 3.38. The lowest BCUT2D eigenvalue weighted by atomic mass is 9.83. The molecule has 0 radical (unpaired) electrons. The highest BCUT2D eigenvalue weighted by Crippen LogP contribution is 2.47. The number of amides is 1. The standard InChI is InChI=1S/C21H22N4O6S/c1-10(26)15-13-5-11(14-7-32-18-12(6-22)23-8-24(14)18)16(25(13)17(15)27)19(28)30-9-31-20(29)21(2,3)4/h7-8,10,13,15,26H,5,9H2,1-4H3/t10-,13-,15-/m1/s1. The Morgan fingerprint density at radius 3 is 2.75 bits per heavy atom. The van der Waals surface area contributed by atoms with Gasteiger partial charge in [0.25, 0.3) is 0 Å². The topological polar surface area (TPSA) is 134 Å². The van der Waals surface area contributed by atoms with E-state index in [2.05, 4.69) is 4.98 Å². The third-order valence-electron chi connectivity index (χ3n) is 5.59. The van der Waals surface area contributed by atoms with Crippen molar-refractivity contribution >= 4 is 39.6 Å². The number of aromatic nitrogens is 2. The van der Waals surface area contributed by atoms with Crippen molar-refractivity contribution in [3.05, 3.63) is 28.8 Å². The van der Waals surface area contributed by atoms with Gasteiger partial charge in [-0.05, 0) is 34.1 Å². The van der Waals surface area contributed by atoms with E-state index in [1.54, 1.807) is 37.5 Å². The van der Waals surface area contributed by atoms with Gasteiger partial charge in [-0.3, -0.25) is 14.0 Å². The summed E-state index contributed by atoms with van der Waals surface area (Å²) in [5, 5.41) is 21.0. The molecular weight excluding hydrogens is 436 g/mol. The Balaban J connectivity index is 1.67. The molecule has 1 amide bonds. The molecule has 0 unspecified atom stereocenters. The van der Waals surface area contributed by atoms with Crippen LogP contribution in [0, 0.1) is 22.7 Å². The molecule has 2 aromatic rings. The van der Waals surface area contributed by atoms with Crippen LogP contribution in [0.15, 0.2) is 17.4 Å². The van der Waals surface area contributed by atoms with Crippen molar-refractivity contribution in [3.8, 4) is 6.07 Å². The molecule has 3 atom stereocenters. The fourth-order valence-corrected chi connectivity index (χ4v) is 4.94. The molecule has 0 aromatic carbocycles. The highest BCUT2D eigenvalue weighted by atomic mass is 32.1. The van der Waals surface area contributed by atoms with Crippen LogP contribution < -0.4 is 0 Å². The molecule has 1 fully saturated rings. The number of imidazole rings is 1. The molecule has 11 heteroatoms. The van der Waals surface area contributed by atoms with Crippen LogP contribution in [-0.4, -0.2) is 56.2 Å². The van der Waals surface area contributed by atoms with Crippen molar-refractivity contribution in [2.24, 2.45) is 11.3 Å². The quantitative estimate of drug-likeness (QED) is 0.406. The molecule has 2 aliphatic heterocycles. The maximum atomic E-state index is 13.0. The van der Waals surface area contributed by atoms with E-state index in [1.807, 2.05) is 6.07 Å². The fourth-order valence-electron chi connectivity index (χ4n) is 3.99. The van der Waals surface area contributed by atoms with Crippen molar-refractivity contribution in [2.75, 3.05) is 6.79 Å². The van der Waals surface area contributed by atoms with Crippen LogP contribution in [0.25, 0.3) is 10.4 Å². The second kappa shape index (κ2) is 7.72. The summed E-state index contributed by atoms with van der Waals surface area (Å²) in [5.74, 6) is -2.32. The van der Waals surface area contributed by atoms with Crippen molar-refractivity contribution in [2.45, 2.75) is 46.3 Å². The first-order valence-electron chi connectivity index (χ1n) is 10.00. The van der Waals surface area contributed by atoms with Crippen LogP contribution >= 0.6 is 11.3 Å². The van der Waals surface area contributed by atoms with Gasteiger partial charge in [0.15, 0.2) is 5.69 Å². The van der Waals surface area contributed by atoms with Crippen molar-refractivity contribution in [3.63, 3.8) is 0 Å². The summed E-state index contributed by atoms with van der Waals surface area (Å²) in [5.41, 5.74) is 0.723. The number of esters is 2. The summed E-state index contributed by atoms with van der Waals surface area (Å²) in [7, 11) is 0. The predicted octanol–water partition coefficient (Wildman–Crippen LogP) is 1.68. The van der Waals surface area contributed by atoms with Gasteiger partial charge in [0.1, 0.15) is 22.9 Å². The van der Waals surface area contributed by atoms with Crippen molar-refractivity contribution in [1.29, 1.82) is 5.26 Å². The first-order valence-corrected chi connectivity index (χ1v) is 10.9. The Kier molecular flexibility index (Phi) is 5.30. The molecule has 0 bridgehead atoms. The monoisotopic (exact) mass is 458 g/mol. The minimum atomic E-state index is -0.867. The van der Waals surface area contributed by atoms with Crippen molar-refractivity contribution < 1.29 is 29.0 Å². The Labute approximate surface area is 187 Å². The van der Waals surface area contributed by atoms with Crippen LogP contribution in [0.3, 0.4) is 0 Å². The lowest BCUT2D eigenvalue weighted by molar-refractivity contribution is -0.175. The Morgan fingerprint density at radius 2 is 2.12 bits per heavy atom. The maximum absolute atomic E-state index is 13.0. The van der Waals surface area contributed by atoms with Gasteiger partial charge in [-0.1, -0.05) is 0 Å². The number of fused-ring (bicyclic) bond motifs is 2. The minimum Gasteiger partial charge on any atom is -0.427 e. The molecule has 4 heterocycles. The highest BCUT2D eigenvalue weighted by molar-refractivity contribution is 7.16. The van der Waals surface area contributed by atoms with E-state index < -0.39 is 36.2 Å². The van der Waals surface area contributed by atoms with Gasteiger partial charge in [-0.15, -0.1) is 11.3 Å². The van der Waals surface area contributed by atoms with E-state index in [4.69, 9.17) is 9.47 Å². The lowest BCUT2D eigenvalue weighted by Gasteiger charge is -2.44. The highest BCUT2D eigenvalue weighted by Gasteiger charge is 2.57. The second-order valence-corrected chi connectivity index (χ2v) is 9.66. The van der Waals surface area contributed by atoms with E-state index in [1.165, 1.54) is 22.6 Å². The Hall–Kier alpha value is -3.23. The first kappa shape index (κ1) is 22.0. The molecular formula is C21H22N4O6S. The van der Waals surface area contributed by atoms with E-state index in [9.17, 15) is 24.8 Å². The van der Waals surface area contributed by atoms with Crippen molar-refractivity contribution in [1.82, 2.24) is 14.3 Å². The zero-order valence-corrected chi connectivity index (χ0v) is 18.8. The van der Waals surface area contributed by atoms with Crippen LogP contribution in [0.4, 0.5) is 0 Å². The minimum absolute atomic E-state index is 0.0515. The summed E-state index contributed by atoms with van der Waals surface area (Å²) >= 11 is 1.30. The Bertz CT molecular complexity index is 1200. The summed E-state index contributed by atoms with van der Waals surface area (Å²) in [6, 6.07) is 1.64. The van der Waals surface area contributed by atoms with E-state index in [0.29, 0.717) is 22.5 Å². The van der Waals surface area contributed by atoms with Crippen LogP contribution in [0.2, 0.25) is 0 Å². The summed E-state index contributed by atoms with van der Waals surface area (Å²) in [6.07, 6.45) is 0.957. The number of β-lactam (4-membered cyclic amide) rings is 1. The number of nitriles is 1. The molecule has 1 saturated heterocycles. The average molecular weight is 458 g/mol. The van der Waals surface area contributed by atoms with Gasteiger partial charge in [0.05, 0.1) is 29.2 Å². The lowest BCUT2D eigenvalue weighted by Crippen LogP contribution is -2.61. The number of ether oxygens (including phenoxy) is 2. The van der Waals surface area contributed by atoms with Crippen LogP contribution in [0.5, 0.6) is 0 Å². The first-order chi connectivity index (χ1) is 15.1. The SMILES string of the molecule is C[C@@H](O)[C@H]1C(=O)N2C(C(=O)OCOC(=O)C(C)(C)C)=C(c3csc4c(C#N)ncn34)C[C@H]12. The molecule has 0 aliphatic carbocycles. The molecule has 1 N–H and O–H groups in total. The van der Waals surface area contributed by atoms with Crippen LogP contribution in [0.1, 0.15) is 45.5 Å². The van der Waals surface area contributed by atoms with Gasteiger partial charge < -0.3 is 19.5 Å². The molecule has 0 saturated carbocycles. The molecule has 4 rings (SSSR count). The van der Waals surface area contributed by atoms with Gasteiger partial charge in [0, 0.05) is 11.0 Å². The van der Waals surface area contributed by atoms with E-state index >= 15 is 0 Å². The second-order valence-electron chi connectivity index (χ2n) is 8.81. The molecule has 0 spiro atoms. The van der Waals surface area contributed by atoms with Gasteiger partial charge >= 0.3 is 11.9 Å². The summed E-state index contributed by atoms with van der Waals surface area (Å²) in [4.78, 5) is 43.7. The van der Waals surface area contributed by atoms with Crippen LogP contribution in [-0.2, 0) is 23.9 Å². The molecule has 168 valence electrons. The number of nitrogens with zero attached hydrogens (tertiary/aromatic N) is 4. The number of carbonyl (C=O) groups is 3. The molecule has 2 aromatic heterocycles. The number of rotatable bonds is 5. The van der Waals surface area contributed by atoms with E-state index in [0.717, 1.165) is 0 Å². The molecule has 32 heavy (non-hydrogen) atoms.